The van der Waals surface area contributed by atoms with Crippen LogP contribution in [0.15, 0.2) is 90.3 Å². The number of nitrogens with zero attached hydrogens (tertiary/aromatic N) is 4. The van der Waals surface area contributed by atoms with Gasteiger partial charge in [-0.1, -0.05) is 12.1 Å². The van der Waals surface area contributed by atoms with Crippen molar-refractivity contribution in [1.29, 1.82) is 0 Å². The zero-order chi connectivity index (χ0) is 31.0. The maximum absolute atomic E-state index is 15.1. The van der Waals surface area contributed by atoms with E-state index < -0.39 is 23.8 Å². The van der Waals surface area contributed by atoms with Crippen LogP contribution in [-0.2, 0) is 4.79 Å². The number of hydrogen-bond donors (Lipinski definition) is 3. The first-order valence-corrected chi connectivity index (χ1v) is 13.9. The molecule has 0 spiro atoms. The maximum atomic E-state index is 15.1. The quantitative estimate of drug-likeness (QED) is 0.206. The lowest BCUT2D eigenvalue weighted by molar-refractivity contribution is -0.113. The van der Waals surface area contributed by atoms with Crippen molar-refractivity contribution in [2.75, 3.05) is 22.7 Å². The van der Waals surface area contributed by atoms with Gasteiger partial charge < -0.3 is 20.5 Å². The Labute approximate surface area is 251 Å². The molecule has 0 radical (unpaired) electrons. The first kappa shape index (κ1) is 28.7. The van der Waals surface area contributed by atoms with Gasteiger partial charge in [0.25, 0.3) is 5.91 Å². The zero-order valence-electron chi connectivity index (χ0n) is 23.8. The standard InChI is InChI=1S/C32H28F2N6O4/c1-18-28(31(43)40(39(18)2)24-11-8-21(33)9-12-24)30(42)36-23-10-13-26(25(34)17-23)44-27-14-15-35-32(38-27)37-22-5-3-4-20(16-22)29(41)19-6-7-19/h3-5,8-17,19,31,43H,6-7H2,1-2H3,(H,36,42)(H,35,37,38). The summed E-state index contributed by atoms with van der Waals surface area (Å²) in [7, 11) is 1.66. The third-order valence-electron chi connectivity index (χ3n) is 7.41. The Morgan fingerprint density at radius 3 is 2.50 bits per heavy atom. The van der Waals surface area contributed by atoms with Crippen LogP contribution < -0.4 is 20.4 Å². The normalized spacial score (nSPS) is 16.2. The summed E-state index contributed by atoms with van der Waals surface area (Å²) >= 11 is 0. The SMILES string of the molecule is CC1=C(C(=O)Nc2ccc(Oc3ccnc(Nc4cccc(C(=O)C5CC5)c4)n3)c(F)c2)C(O)N(c2ccc(F)cc2)N1C. The molecule has 1 atom stereocenters. The monoisotopic (exact) mass is 598 g/mol. The Morgan fingerprint density at radius 1 is 1.00 bits per heavy atom. The smallest absolute Gasteiger partial charge is 0.258 e. The molecule has 0 bridgehead atoms. The highest BCUT2D eigenvalue weighted by molar-refractivity contribution is 6.05. The molecule has 2 aliphatic rings. The number of ether oxygens (including phenoxy) is 1. The summed E-state index contributed by atoms with van der Waals surface area (Å²) in [5.41, 5.74) is 2.39. The third kappa shape index (κ3) is 5.92. The van der Waals surface area contributed by atoms with Crippen molar-refractivity contribution in [2.45, 2.75) is 26.0 Å². The van der Waals surface area contributed by atoms with E-state index in [1.54, 1.807) is 43.2 Å². The van der Waals surface area contributed by atoms with Gasteiger partial charge in [-0.05, 0) is 68.3 Å². The van der Waals surface area contributed by atoms with Crippen molar-refractivity contribution in [2.24, 2.45) is 5.92 Å². The number of halogens is 2. The fourth-order valence-corrected chi connectivity index (χ4v) is 4.89. The highest BCUT2D eigenvalue weighted by Gasteiger charge is 2.38. The van der Waals surface area contributed by atoms with Gasteiger partial charge in [-0.2, -0.15) is 4.98 Å². The van der Waals surface area contributed by atoms with Crippen LogP contribution in [-0.4, -0.2) is 45.0 Å². The molecule has 1 saturated carbocycles. The third-order valence-corrected chi connectivity index (χ3v) is 7.41. The van der Waals surface area contributed by atoms with Gasteiger partial charge in [0.05, 0.1) is 11.3 Å². The van der Waals surface area contributed by atoms with Crippen LogP contribution in [0.3, 0.4) is 0 Å². The van der Waals surface area contributed by atoms with Crippen molar-refractivity contribution in [3.8, 4) is 11.6 Å². The molecule has 4 aromatic rings. The van der Waals surface area contributed by atoms with Crippen molar-refractivity contribution >= 4 is 34.7 Å². The molecule has 1 aliphatic carbocycles. The average molecular weight is 599 g/mol. The molecule has 1 fully saturated rings. The van der Waals surface area contributed by atoms with E-state index in [0.29, 0.717) is 22.6 Å². The minimum atomic E-state index is -1.35. The molecule has 2 heterocycles. The summed E-state index contributed by atoms with van der Waals surface area (Å²) in [6.45, 7) is 1.66. The number of hydrazine groups is 1. The van der Waals surface area contributed by atoms with E-state index in [4.69, 9.17) is 4.74 Å². The summed E-state index contributed by atoms with van der Waals surface area (Å²) in [5, 5.41) is 19.6. The lowest BCUT2D eigenvalue weighted by Crippen LogP contribution is -2.41. The van der Waals surface area contributed by atoms with Gasteiger partial charge in [-0.3, -0.25) is 19.6 Å². The Hall–Kier alpha value is -5.36. The number of aliphatic hydroxyl groups excluding tert-OH is 1. The van der Waals surface area contributed by atoms with Gasteiger partial charge in [-0.15, -0.1) is 0 Å². The highest BCUT2D eigenvalue weighted by atomic mass is 19.1. The molecule has 44 heavy (non-hydrogen) atoms. The predicted octanol–water partition coefficient (Wildman–Crippen LogP) is 5.78. The molecule has 3 aromatic carbocycles. The van der Waals surface area contributed by atoms with E-state index in [1.807, 2.05) is 0 Å². The van der Waals surface area contributed by atoms with Crippen LogP contribution in [0.4, 0.5) is 31.8 Å². The molecule has 1 amide bonds. The molecule has 6 rings (SSSR count). The second kappa shape index (κ2) is 11.7. The number of anilines is 4. The number of Topliss-reactive ketones (excluding diaryl/α,β-unsaturated/α-hetero) is 1. The van der Waals surface area contributed by atoms with Gasteiger partial charge in [-0.25, -0.2) is 13.8 Å². The van der Waals surface area contributed by atoms with Gasteiger partial charge in [0.2, 0.25) is 11.8 Å². The Bertz CT molecular complexity index is 1780. The van der Waals surface area contributed by atoms with Crippen LogP contribution in [0, 0.1) is 17.6 Å². The number of nitrogens with one attached hydrogen (secondary N) is 2. The number of benzene rings is 3. The predicted molar refractivity (Wildman–Crippen MR) is 159 cm³/mol. The highest BCUT2D eigenvalue weighted by Crippen LogP contribution is 2.34. The number of amides is 1. The largest absolute Gasteiger partial charge is 0.436 e. The topological polar surface area (TPSA) is 120 Å². The number of carbonyl (C=O) groups excluding carboxylic acids is 2. The molecule has 1 aromatic heterocycles. The fraction of sp³-hybridized carbons (Fsp3) is 0.188. The maximum Gasteiger partial charge on any atom is 0.258 e. The summed E-state index contributed by atoms with van der Waals surface area (Å²) < 4.78 is 34.1. The number of rotatable bonds is 9. The van der Waals surface area contributed by atoms with Crippen LogP contribution in [0.2, 0.25) is 0 Å². The first-order valence-electron chi connectivity index (χ1n) is 13.9. The van der Waals surface area contributed by atoms with Crippen molar-refractivity contribution in [3.63, 3.8) is 0 Å². The molecule has 0 saturated heterocycles. The lowest BCUT2D eigenvalue weighted by atomic mass is 10.1. The number of carbonyl (C=O) groups is 2. The summed E-state index contributed by atoms with van der Waals surface area (Å²) in [6, 6.07) is 17.9. The van der Waals surface area contributed by atoms with E-state index in [-0.39, 0.29) is 40.5 Å². The van der Waals surface area contributed by atoms with Gasteiger partial charge in [0.1, 0.15) is 5.82 Å². The minimum absolute atomic E-state index is 0.0565. The van der Waals surface area contributed by atoms with E-state index in [9.17, 15) is 19.1 Å². The zero-order valence-corrected chi connectivity index (χ0v) is 23.8. The van der Waals surface area contributed by atoms with E-state index in [2.05, 4.69) is 20.6 Å². The second-order valence-electron chi connectivity index (χ2n) is 10.5. The molecule has 3 N–H and O–H groups in total. The minimum Gasteiger partial charge on any atom is -0.436 e. The summed E-state index contributed by atoms with van der Waals surface area (Å²) in [4.78, 5) is 34.0. The van der Waals surface area contributed by atoms with Crippen LogP contribution in [0.1, 0.15) is 30.1 Å². The van der Waals surface area contributed by atoms with Crippen molar-refractivity contribution < 1.29 is 28.2 Å². The van der Waals surface area contributed by atoms with Crippen molar-refractivity contribution in [1.82, 2.24) is 15.0 Å². The molecule has 12 heteroatoms. The van der Waals surface area contributed by atoms with E-state index >= 15 is 4.39 Å². The number of aromatic nitrogens is 2. The van der Waals surface area contributed by atoms with Gasteiger partial charge in [0.15, 0.2) is 23.6 Å². The Balaban J connectivity index is 1.12. The summed E-state index contributed by atoms with van der Waals surface area (Å²) in [6.07, 6.45) is 1.93. The number of aliphatic hydroxyl groups is 1. The van der Waals surface area contributed by atoms with E-state index in [1.165, 1.54) is 53.7 Å². The first-order chi connectivity index (χ1) is 21.2. The van der Waals surface area contributed by atoms with Crippen LogP contribution >= 0.6 is 0 Å². The average Bonchev–Trinajstić information content (AvgIpc) is 3.82. The Morgan fingerprint density at radius 2 is 1.77 bits per heavy atom. The number of hydrogen-bond acceptors (Lipinski definition) is 9. The molecule has 10 nitrogen and oxygen atoms in total. The number of allylic oxidation sites excluding steroid dienone is 1. The molecular weight excluding hydrogens is 570 g/mol. The molecule has 1 unspecified atom stereocenters. The van der Waals surface area contributed by atoms with Gasteiger partial charge >= 0.3 is 0 Å². The summed E-state index contributed by atoms with van der Waals surface area (Å²) in [5.74, 6) is -1.47. The van der Waals surface area contributed by atoms with Crippen LogP contribution in [0.5, 0.6) is 11.6 Å². The second-order valence-corrected chi connectivity index (χ2v) is 10.5. The van der Waals surface area contributed by atoms with Crippen LogP contribution in [0.25, 0.3) is 0 Å². The fourth-order valence-electron chi connectivity index (χ4n) is 4.89. The van der Waals surface area contributed by atoms with E-state index in [0.717, 1.165) is 18.9 Å². The Kier molecular flexibility index (Phi) is 7.66. The molecular formula is C32H28F2N6O4. The van der Waals surface area contributed by atoms with Crippen molar-refractivity contribution in [3.05, 3.63) is 107 Å². The molecule has 1 aliphatic heterocycles. The number of ketones is 1. The molecule has 224 valence electrons. The lowest BCUT2D eigenvalue weighted by Gasteiger charge is -2.31. The van der Waals surface area contributed by atoms with Gasteiger partial charge in [0, 0.05) is 53.9 Å².